The van der Waals surface area contributed by atoms with Crippen molar-refractivity contribution in [3.8, 4) is 0 Å². The number of rotatable bonds is 1. The molecule has 2 aromatic carbocycles. The number of fused-ring (bicyclic) bond motifs is 2. The van der Waals surface area contributed by atoms with Crippen molar-refractivity contribution in [2.75, 3.05) is 6.54 Å². The van der Waals surface area contributed by atoms with Crippen LogP contribution in [-0.2, 0) is 4.79 Å². The zero-order chi connectivity index (χ0) is 17.1. The van der Waals surface area contributed by atoms with Crippen LogP contribution in [0.2, 0.25) is 0 Å². The van der Waals surface area contributed by atoms with E-state index in [1.54, 1.807) is 48.5 Å². The van der Waals surface area contributed by atoms with Gasteiger partial charge >= 0.3 is 5.97 Å². The van der Waals surface area contributed by atoms with Gasteiger partial charge in [-0.15, -0.1) is 0 Å². The van der Waals surface area contributed by atoms with Crippen molar-refractivity contribution in [1.82, 2.24) is 5.32 Å². The number of aliphatic carboxylic acids is 1. The van der Waals surface area contributed by atoms with E-state index in [4.69, 9.17) is 5.11 Å². The highest BCUT2D eigenvalue weighted by Gasteiger charge is 2.28. The fraction of sp³-hybridized carbons (Fsp3) is 0.211. The molecule has 0 aromatic heterocycles. The van der Waals surface area contributed by atoms with Gasteiger partial charge in [-0.25, -0.2) is 0 Å². The Morgan fingerprint density at radius 2 is 1.29 bits per heavy atom. The molecule has 0 amide bonds. The van der Waals surface area contributed by atoms with Gasteiger partial charge in [0.05, 0.1) is 0 Å². The first-order valence-electron chi connectivity index (χ1n) is 7.83. The maximum atomic E-state index is 12.1. The summed E-state index contributed by atoms with van der Waals surface area (Å²) < 4.78 is 0. The highest BCUT2D eigenvalue weighted by Crippen LogP contribution is 2.26. The summed E-state index contributed by atoms with van der Waals surface area (Å²) in [4.78, 5) is 34.3. The molecule has 24 heavy (non-hydrogen) atoms. The number of carbonyl (C=O) groups excluding carboxylic acids is 2. The number of benzene rings is 2. The summed E-state index contributed by atoms with van der Waals surface area (Å²) in [7, 11) is 0. The van der Waals surface area contributed by atoms with E-state index >= 15 is 0 Å². The van der Waals surface area contributed by atoms with Crippen LogP contribution >= 0.6 is 0 Å². The van der Waals surface area contributed by atoms with Crippen molar-refractivity contribution in [3.63, 3.8) is 0 Å². The fourth-order valence-electron chi connectivity index (χ4n) is 2.94. The Bertz CT molecular complexity index is 701. The van der Waals surface area contributed by atoms with Crippen LogP contribution in [0.1, 0.15) is 44.7 Å². The Hall–Kier alpha value is -2.79. The van der Waals surface area contributed by atoms with Gasteiger partial charge in [-0.05, 0) is 19.4 Å². The molecule has 1 heterocycles. The third kappa shape index (κ3) is 2.98. The maximum Gasteiger partial charge on any atom is 0.320 e. The molecule has 0 unspecified atom stereocenters. The molecule has 2 aliphatic rings. The topological polar surface area (TPSA) is 83.5 Å². The number of hydrogen-bond acceptors (Lipinski definition) is 4. The molecule has 0 bridgehead atoms. The number of carboxylic acid groups (broad SMARTS) is 1. The van der Waals surface area contributed by atoms with Crippen LogP contribution in [0.4, 0.5) is 0 Å². The molecule has 1 saturated heterocycles. The minimum Gasteiger partial charge on any atom is -0.480 e. The largest absolute Gasteiger partial charge is 0.480 e. The Labute approximate surface area is 139 Å². The molecule has 0 saturated carbocycles. The molecule has 4 rings (SSSR count). The van der Waals surface area contributed by atoms with Crippen LogP contribution < -0.4 is 5.32 Å². The van der Waals surface area contributed by atoms with Crippen LogP contribution in [0.15, 0.2) is 48.5 Å². The van der Waals surface area contributed by atoms with Gasteiger partial charge in [0.15, 0.2) is 11.6 Å². The average Bonchev–Trinajstić information content (AvgIpc) is 3.15. The second-order valence-electron chi connectivity index (χ2n) is 5.74. The van der Waals surface area contributed by atoms with Gasteiger partial charge in [-0.1, -0.05) is 48.5 Å². The van der Waals surface area contributed by atoms with Crippen LogP contribution in [0.25, 0.3) is 0 Å². The summed E-state index contributed by atoms with van der Waals surface area (Å²) in [5.41, 5.74) is 2.02. The first-order valence-corrected chi connectivity index (χ1v) is 7.83. The lowest BCUT2D eigenvalue weighted by Crippen LogP contribution is -2.29. The molecule has 0 spiro atoms. The number of hydrogen-bond donors (Lipinski definition) is 2. The molecular weight excluding hydrogens is 306 g/mol. The molecule has 1 aliphatic heterocycles. The Morgan fingerprint density at radius 3 is 1.54 bits per heavy atom. The van der Waals surface area contributed by atoms with Gasteiger partial charge in [0.25, 0.3) is 0 Å². The summed E-state index contributed by atoms with van der Waals surface area (Å²) in [6.45, 7) is 0.858. The standard InChI is InChI=1S/C14H8O2.C5H9NO2/c15-13-9-5-1-2-6-10(9)14(16)12-8-4-3-7-11(12)13;7-5(8)4-2-1-3-6-4/h1-8H;4,6H,1-3H2,(H,7,8)/t;4-/m.0/s1. The lowest BCUT2D eigenvalue weighted by Gasteiger charge is -2.16. The molecule has 5 heteroatoms. The normalized spacial score (nSPS) is 18.2. The van der Waals surface area contributed by atoms with Crippen LogP contribution in [0.3, 0.4) is 0 Å². The first kappa shape index (κ1) is 16.1. The molecule has 122 valence electrons. The molecule has 1 aliphatic carbocycles. The zero-order valence-electron chi connectivity index (χ0n) is 13.0. The number of carboxylic acids is 1. The molecule has 2 N–H and O–H groups in total. The summed E-state index contributed by atoms with van der Waals surface area (Å²) in [5.74, 6) is -0.848. The third-order valence-electron chi connectivity index (χ3n) is 4.19. The van der Waals surface area contributed by atoms with E-state index in [9.17, 15) is 14.4 Å². The van der Waals surface area contributed by atoms with E-state index in [0.29, 0.717) is 22.3 Å². The van der Waals surface area contributed by atoms with Crippen molar-refractivity contribution in [2.24, 2.45) is 0 Å². The number of ketones is 2. The predicted octanol–water partition coefficient (Wildman–Crippen LogP) is 2.29. The highest BCUT2D eigenvalue weighted by atomic mass is 16.4. The lowest BCUT2D eigenvalue weighted by atomic mass is 9.84. The van der Waals surface area contributed by atoms with Gasteiger partial charge in [0.2, 0.25) is 0 Å². The van der Waals surface area contributed by atoms with E-state index in [0.717, 1.165) is 19.4 Å². The SMILES string of the molecule is O=C(O)[C@@H]1CCCN1.O=C1c2ccccc2C(=O)c2ccccc21. The van der Waals surface area contributed by atoms with Gasteiger partial charge < -0.3 is 10.4 Å². The van der Waals surface area contributed by atoms with Crippen molar-refractivity contribution >= 4 is 17.5 Å². The monoisotopic (exact) mass is 323 g/mol. The van der Waals surface area contributed by atoms with Crippen molar-refractivity contribution < 1.29 is 19.5 Å². The zero-order valence-corrected chi connectivity index (χ0v) is 13.0. The van der Waals surface area contributed by atoms with E-state index in [1.165, 1.54) is 0 Å². The molecule has 2 aromatic rings. The number of nitrogens with one attached hydrogen (secondary N) is 1. The Kier molecular flexibility index (Phi) is 4.53. The van der Waals surface area contributed by atoms with E-state index in [1.807, 2.05) is 0 Å². The average molecular weight is 323 g/mol. The van der Waals surface area contributed by atoms with E-state index < -0.39 is 5.97 Å². The van der Waals surface area contributed by atoms with Crippen molar-refractivity contribution in [3.05, 3.63) is 70.8 Å². The quantitative estimate of drug-likeness (QED) is 0.718. The summed E-state index contributed by atoms with van der Waals surface area (Å²) in [6.07, 6.45) is 1.78. The first-order chi connectivity index (χ1) is 11.6. The minimum atomic E-state index is -0.720. The number of carbonyl (C=O) groups is 3. The second kappa shape index (κ2) is 6.76. The Morgan fingerprint density at radius 1 is 0.875 bits per heavy atom. The molecule has 5 nitrogen and oxygen atoms in total. The molecular formula is C19H17NO4. The van der Waals surface area contributed by atoms with E-state index in [-0.39, 0.29) is 17.6 Å². The second-order valence-corrected chi connectivity index (χ2v) is 5.74. The minimum absolute atomic E-state index is 0.0641. The van der Waals surface area contributed by atoms with Crippen LogP contribution in [0, 0.1) is 0 Å². The summed E-state index contributed by atoms with van der Waals surface area (Å²) in [6, 6.07) is 13.6. The summed E-state index contributed by atoms with van der Waals surface area (Å²) >= 11 is 0. The molecule has 1 atom stereocenters. The maximum absolute atomic E-state index is 12.1. The summed E-state index contributed by atoms with van der Waals surface area (Å²) in [5, 5.41) is 11.2. The highest BCUT2D eigenvalue weighted by molar-refractivity contribution is 6.28. The van der Waals surface area contributed by atoms with Crippen molar-refractivity contribution in [1.29, 1.82) is 0 Å². The van der Waals surface area contributed by atoms with Gasteiger partial charge in [-0.3, -0.25) is 14.4 Å². The molecule has 0 radical (unpaired) electrons. The van der Waals surface area contributed by atoms with Crippen LogP contribution in [0.5, 0.6) is 0 Å². The van der Waals surface area contributed by atoms with Crippen LogP contribution in [-0.4, -0.2) is 35.2 Å². The third-order valence-corrected chi connectivity index (χ3v) is 4.19. The Balaban J connectivity index is 0.000000179. The van der Waals surface area contributed by atoms with E-state index in [2.05, 4.69) is 5.32 Å². The molecule has 1 fully saturated rings. The van der Waals surface area contributed by atoms with Gasteiger partial charge in [0, 0.05) is 22.3 Å². The van der Waals surface area contributed by atoms with Gasteiger partial charge in [-0.2, -0.15) is 0 Å². The van der Waals surface area contributed by atoms with Crippen molar-refractivity contribution in [2.45, 2.75) is 18.9 Å². The smallest absolute Gasteiger partial charge is 0.320 e. The predicted molar refractivity (Wildman–Crippen MR) is 88.4 cm³/mol. The van der Waals surface area contributed by atoms with Gasteiger partial charge in [0.1, 0.15) is 6.04 Å². The fourth-order valence-corrected chi connectivity index (χ4v) is 2.94. The lowest BCUT2D eigenvalue weighted by molar-refractivity contribution is -0.139.